The molecule has 0 aromatic rings. The maximum absolute atomic E-state index is 10.0. The van der Waals surface area contributed by atoms with Gasteiger partial charge in [0.15, 0.2) is 5.70 Å². The predicted octanol–water partition coefficient (Wildman–Crippen LogP) is -0.625. The fourth-order valence-corrected chi connectivity index (χ4v) is 0.308. The number of aliphatic imine (C=N–C) groups is 1. The van der Waals surface area contributed by atoms with Gasteiger partial charge < -0.3 is 10.2 Å². The third kappa shape index (κ3) is 3.61. The molecule has 0 fully saturated rings. The number of carbonyl (C=O) groups excluding carboxylic acids is 1. The van der Waals surface area contributed by atoms with Crippen molar-refractivity contribution in [2.24, 2.45) is 4.99 Å². The number of hydrogen-bond acceptors (Lipinski definition) is 4. The van der Waals surface area contributed by atoms with Crippen molar-refractivity contribution < 1.29 is 24.6 Å². The minimum atomic E-state index is -1.59. The van der Waals surface area contributed by atoms with E-state index in [1.807, 2.05) is 0 Å². The van der Waals surface area contributed by atoms with Crippen molar-refractivity contribution in [3.8, 4) is 0 Å². The van der Waals surface area contributed by atoms with Crippen LogP contribution in [0.1, 0.15) is 0 Å². The Balaban J connectivity index is 4.73. The van der Waals surface area contributed by atoms with Crippen molar-refractivity contribution in [3.05, 3.63) is 11.8 Å². The highest BCUT2D eigenvalue weighted by molar-refractivity contribution is 5.94. The zero-order valence-electron chi connectivity index (χ0n) is 5.14. The number of isocyanates is 1. The summed E-state index contributed by atoms with van der Waals surface area (Å²) in [6.45, 7) is 0. The van der Waals surface area contributed by atoms with Gasteiger partial charge in [0.2, 0.25) is 6.08 Å². The van der Waals surface area contributed by atoms with E-state index in [0.29, 0.717) is 6.08 Å². The molecule has 0 radical (unpaired) electrons. The second kappa shape index (κ2) is 3.97. The van der Waals surface area contributed by atoms with Crippen molar-refractivity contribution in [3.63, 3.8) is 0 Å². The molecule has 0 aromatic heterocycles. The van der Waals surface area contributed by atoms with Gasteiger partial charge in [-0.2, -0.15) is 4.99 Å². The Morgan fingerprint density at radius 3 is 2.18 bits per heavy atom. The lowest BCUT2D eigenvalue weighted by atomic mass is 10.4. The third-order valence-corrected chi connectivity index (χ3v) is 0.645. The Kier molecular flexibility index (Phi) is 3.27. The molecular weight excluding hydrogens is 154 g/mol. The van der Waals surface area contributed by atoms with E-state index in [2.05, 4.69) is 4.99 Å². The van der Waals surface area contributed by atoms with Crippen LogP contribution in [0, 0.1) is 0 Å². The summed E-state index contributed by atoms with van der Waals surface area (Å²) in [5.41, 5.74) is -0.854. The summed E-state index contributed by atoms with van der Waals surface area (Å²) in [6.07, 6.45) is 1.22. The first-order valence-electron chi connectivity index (χ1n) is 2.33. The van der Waals surface area contributed by atoms with Gasteiger partial charge in [-0.25, -0.2) is 14.4 Å². The standard InChI is InChI=1S/C5H3NO5/c7-2-6-3(5(10)11)1-4(8)9/h1H,(H,8,9)(H,10,11)/b3-1-. The summed E-state index contributed by atoms with van der Waals surface area (Å²) in [6, 6.07) is 0. The molecular formula is C5H3NO5. The molecule has 0 bridgehead atoms. The summed E-state index contributed by atoms with van der Waals surface area (Å²) in [7, 11) is 0. The van der Waals surface area contributed by atoms with Gasteiger partial charge in [-0.05, 0) is 0 Å². The molecule has 0 aliphatic heterocycles. The Hall–Kier alpha value is -1.94. The van der Waals surface area contributed by atoms with E-state index in [0.717, 1.165) is 6.08 Å². The number of aliphatic carboxylic acids is 2. The number of carbonyl (C=O) groups is 2. The molecule has 0 unspecified atom stereocenters. The molecule has 0 heterocycles. The smallest absolute Gasteiger partial charge is 0.355 e. The third-order valence-electron chi connectivity index (χ3n) is 0.645. The van der Waals surface area contributed by atoms with Crippen LogP contribution in [0.5, 0.6) is 0 Å². The van der Waals surface area contributed by atoms with Crippen LogP contribution >= 0.6 is 0 Å². The van der Waals surface area contributed by atoms with E-state index in [1.165, 1.54) is 0 Å². The van der Waals surface area contributed by atoms with Crippen LogP contribution in [0.3, 0.4) is 0 Å². The summed E-state index contributed by atoms with van der Waals surface area (Å²) >= 11 is 0. The summed E-state index contributed by atoms with van der Waals surface area (Å²) in [5.74, 6) is -3.07. The van der Waals surface area contributed by atoms with Crippen LogP contribution < -0.4 is 0 Å². The molecule has 0 amide bonds. The fraction of sp³-hybridized carbons (Fsp3) is 0. The Morgan fingerprint density at radius 2 is 1.91 bits per heavy atom. The predicted molar refractivity (Wildman–Crippen MR) is 31.5 cm³/mol. The minimum Gasteiger partial charge on any atom is -0.478 e. The number of carboxylic acid groups (broad SMARTS) is 2. The average Bonchev–Trinajstić information content (AvgIpc) is 1.86. The van der Waals surface area contributed by atoms with Gasteiger partial charge in [-0.3, -0.25) is 0 Å². The topological polar surface area (TPSA) is 104 Å². The SMILES string of the molecule is O=C=N/C(=C\C(=O)O)C(=O)O. The Morgan fingerprint density at radius 1 is 1.36 bits per heavy atom. The molecule has 0 atom stereocenters. The van der Waals surface area contributed by atoms with Crippen molar-refractivity contribution in [1.82, 2.24) is 0 Å². The number of carboxylic acids is 2. The first-order chi connectivity index (χ1) is 5.07. The van der Waals surface area contributed by atoms with Gasteiger partial charge in [-0.1, -0.05) is 0 Å². The number of rotatable bonds is 3. The summed E-state index contributed by atoms with van der Waals surface area (Å²) < 4.78 is 0. The van der Waals surface area contributed by atoms with E-state index in [-0.39, 0.29) is 0 Å². The summed E-state index contributed by atoms with van der Waals surface area (Å²) in [4.78, 5) is 32.0. The van der Waals surface area contributed by atoms with E-state index >= 15 is 0 Å². The fourth-order valence-electron chi connectivity index (χ4n) is 0.308. The zero-order valence-corrected chi connectivity index (χ0v) is 5.14. The molecule has 0 aliphatic rings. The molecule has 6 heteroatoms. The van der Waals surface area contributed by atoms with E-state index in [4.69, 9.17) is 10.2 Å². The van der Waals surface area contributed by atoms with Crippen LogP contribution in [-0.4, -0.2) is 28.2 Å². The van der Waals surface area contributed by atoms with Crippen molar-refractivity contribution in [2.75, 3.05) is 0 Å². The maximum Gasteiger partial charge on any atom is 0.355 e. The lowest BCUT2D eigenvalue weighted by Gasteiger charge is -1.86. The first kappa shape index (κ1) is 9.06. The minimum absolute atomic E-state index is 0.299. The van der Waals surface area contributed by atoms with Gasteiger partial charge in [-0.15, -0.1) is 0 Å². The quantitative estimate of drug-likeness (QED) is 0.322. The summed E-state index contributed by atoms with van der Waals surface area (Å²) in [5, 5.41) is 16.2. The molecule has 6 nitrogen and oxygen atoms in total. The van der Waals surface area contributed by atoms with Crippen LogP contribution in [0.2, 0.25) is 0 Å². The maximum atomic E-state index is 10.0. The van der Waals surface area contributed by atoms with Crippen LogP contribution in [0.15, 0.2) is 16.8 Å². The lowest BCUT2D eigenvalue weighted by molar-refractivity contribution is -0.135. The second-order valence-corrected chi connectivity index (χ2v) is 1.38. The Bertz CT molecular complexity index is 256. The Labute approximate surface area is 60.5 Å². The van der Waals surface area contributed by atoms with Crippen LogP contribution in [0.25, 0.3) is 0 Å². The molecule has 0 aliphatic carbocycles. The van der Waals surface area contributed by atoms with Crippen LogP contribution in [0.4, 0.5) is 0 Å². The molecule has 0 saturated heterocycles. The van der Waals surface area contributed by atoms with Crippen molar-refractivity contribution in [2.45, 2.75) is 0 Å². The van der Waals surface area contributed by atoms with Gasteiger partial charge in [0, 0.05) is 0 Å². The number of nitrogens with zero attached hydrogens (tertiary/aromatic N) is 1. The molecule has 58 valence electrons. The highest BCUT2D eigenvalue weighted by Crippen LogP contribution is 1.94. The monoisotopic (exact) mass is 157 g/mol. The molecule has 0 aromatic carbocycles. The number of hydrogen-bond donors (Lipinski definition) is 2. The van der Waals surface area contributed by atoms with Gasteiger partial charge >= 0.3 is 11.9 Å². The molecule has 11 heavy (non-hydrogen) atoms. The molecule has 2 N–H and O–H groups in total. The van der Waals surface area contributed by atoms with Crippen molar-refractivity contribution >= 4 is 18.0 Å². The van der Waals surface area contributed by atoms with E-state index in [9.17, 15) is 14.4 Å². The molecule has 0 spiro atoms. The first-order valence-corrected chi connectivity index (χ1v) is 2.33. The van der Waals surface area contributed by atoms with Gasteiger partial charge in [0.25, 0.3) is 0 Å². The zero-order chi connectivity index (χ0) is 8.85. The highest BCUT2D eigenvalue weighted by Gasteiger charge is 2.06. The molecule has 0 rings (SSSR count). The van der Waals surface area contributed by atoms with Crippen molar-refractivity contribution in [1.29, 1.82) is 0 Å². The van der Waals surface area contributed by atoms with E-state index < -0.39 is 17.6 Å². The van der Waals surface area contributed by atoms with Gasteiger partial charge in [0.05, 0.1) is 6.08 Å². The largest absolute Gasteiger partial charge is 0.478 e. The van der Waals surface area contributed by atoms with Crippen LogP contribution in [-0.2, 0) is 14.4 Å². The highest BCUT2D eigenvalue weighted by atomic mass is 16.4. The average molecular weight is 157 g/mol. The van der Waals surface area contributed by atoms with E-state index in [1.54, 1.807) is 0 Å². The molecule has 0 saturated carbocycles. The lowest BCUT2D eigenvalue weighted by Crippen LogP contribution is -2.01. The van der Waals surface area contributed by atoms with Gasteiger partial charge in [0.1, 0.15) is 0 Å². The normalized spacial score (nSPS) is 10.0. The second-order valence-electron chi connectivity index (χ2n) is 1.38.